The SMILES string of the molecule is COc1ccc(/C=N\O)cc1OCc1cccnc1. The zero-order valence-corrected chi connectivity index (χ0v) is 10.5. The van der Waals surface area contributed by atoms with Crippen LogP contribution in [0.5, 0.6) is 11.5 Å². The molecule has 0 aliphatic heterocycles. The van der Waals surface area contributed by atoms with E-state index in [0.717, 1.165) is 11.1 Å². The van der Waals surface area contributed by atoms with E-state index in [1.165, 1.54) is 6.21 Å². The van der Waals surface area contributed by atoms with Gasteiger partial charge in [0.1, 0.15) is 6.61 Å². The number of aromatic nitrogens is 1. The average Bonchev–Trinajstić information content (AvgIpc) is 2.47. The molecule has 0 atom stereocenters. The van der Waals surface area contributed by atoms with Crippen molar-refractivity contribution in [1.29, 1.82) is 0 Å². The Kier molecular flexibility index (Phi) is 4.34. The summed E-state index contributed by atoms with van der Waals surface area (Å²) in [5.41, 5.74) is 1.69. The largest absolute Gasteiger partial charge is 0.493 e. The van der Waals surface area contributed by atoms with Crippen LogP contribution in [-0.2, 0) is 6.61 Å². The molecule has 0 aliphatic rings. The van der Waals surface area contributed by atoms with E-state index in [0.29, 0.717) is 18.1 Å². The van der Waals surface area contributed by atoms with Gasteiger partial charge in [0.15, 0.2) is 11.5 Å². The Morgan fingerprint density at radius 3 is 2.89 bits per heavy atom. The molecule has 98 valence electrons. The van der Waals surface area contributed by atoms with Crippen molar-refractivity contribution in [3.8, 4) is 11.5 Å². The van der Waals surface area contributed by atoms with Gasteiger partial charge in [-0.1, -0.05) is 11.2 Å². The lowest BCUT2D eigenvalue weighted by Gasteiger charge is -2.11. The van der Waals surface area contributed by atoms with Crippen molar-refractivity contribution >= 4 is 6.21 Å². The predicted molar refractivity (Wildman–Crippen MR) is 70.9 cm³/mol. The van der Waals surface area contributed by atoms with Crippen LogP contribution >= 0.6 is 0 Å². The maximum absolute atomic E-state index is 8.53. The van der Waals surface area contributed by atoms with Crippen LogP contribution in [0.15, 0.2) is 47.9 Å². The zero-order chi connectivity index (χ0) is 13.5. The van der Waals surface area contributed by atoms with Crippen LogP contribution in [-0.4, -0.2) is 23.5 Å². The van der Waals surface area contributed by atoms with Crippen LogP contribution in [0.2, 0.25) is 0 Å². The van der Waals surface area contributed by atoms with Crippen LogP contribution in [0.25, 0.3) is 0 Å². The van der Waals surface area contributed by atoms with Crippen molar-refractivity contribution in [3.05, 3.63) is 53.9 Å². The molecule has 1 heterocycles. The fourth-order valence-electron chi connectivity index (χ4n) is 1.60. The molecule has 1 aromatic heterocycles. The summed E-state index contributed by atoms with van der Waals surface area (Å²) in [7, 11) is 1.58. The van der Waals surface area contributed by atoms with Gasteiger partial charge in [-0.25, -0.2) is 0 Å². The average molecular weight is 258 g/mol. The molecule has 2 aromatic rings. The van der Waals surface area contributed by atoms with Crippen molar-refractivity contribution in [1.82, 2.24) is 4.98 Å². The molecule has 19 heavy (non-hydrogen) atoms. The summed E-state index contributed by atoms with van der Waals surface area (Å²) in [4.78, 5) is 4.02. The van der Waals surface area contributed by atoms with Gasteiger partial charge in [0, 0.05) is 23.5 Å². The normalized spacial score (nSPS) is 10.6. The van der Waals surface area contributed by atoms with Gasteiger partial charge in [-0.05, 0) is 24.3 Å². The van der Waals surface area contributed by atoms with Gasteiger partial charge in [0.2, 0.25) is 0 Å². The molecule has 1 aromatic carbocycles. The summed E-state index contributed by atoms with van der Waals surface area (Å²) < 4.78 is 10.9. The second-order valence-electron chi connectivity index (χ2n) is 3.80. The summed E-state index contributed by atoms with van der Waals surface area (Å²) in [5, 5.41) is 11.5. The fraction of sp³-hybridized carbons (Fsp3) is 0.143. The number of oxime groups is 1. The first kappa shape index (κ1) is 12.9. The molecular formula is C14H14N2O3. The Morgan fingerprint density at radius 1 is 1.32 bits per heavy atom. The van der Waals surface area contributed by atoms with Gasteiger partial charge in [0.25, 0.3) is 0 Å². The highest BCUT2D eigenvalue weighted by Crippen LogP contribution is 2.28. The maximum Gasteiger partial charge on any atom is 0.162 e. The van der Waals surface area contributed by atoms with E-state index in [2.05, 4.69) is 10.1 Å². The molecule has 0 fully saturated rings. The first-order valence-electron chi connectivity index (χ1n) is 5.70. The van der Waals surface area contributed by atoms with Gasteiger partial charge < -0.3 is 14.7 Å². The van der Waals surface area contributed by atoms with Gasteiger partial charge in [-0.15, -0.1) is 0 Å². The van der Waals surface area contributed by atoms with Gasteiger partial charge in [-0.2, -0.15) is 0 Å². The molecule has 5 nitrogen and oxygen atoms in total. The minimum absolute atomic E-state index is 0.393. The number of hydrogen-bond donors (Lipinski definition) is 1. The number of methoxy groups -OCH3 is 1. The van der Waals surface area contributed by atoms with Gasteiger partial charge >= 0.3 is 0 Å². The molecule has 0 saturated carbocycles. The molecule has 0 unspecified atom stereocenters. The molecule has 0 spiro atoms. The maximum atomic E-state index is 8.53. The molecule has 2 rings (SSSR count). The van der Waals surface area contributed by atoms with Crippen molar-refractivity contribution in [3.63, 3.8) is 0 Å². The summed E-state index contributed by atoms with van der Waals surface area (Å²) in [5.74, 6) is 1.21. The number of rotatable bonds is 5. The van der Waals surface area contributed by atoms with E-state index in [1.54, 1.807) is 37.7 Å². The molecule has 0 amide bonds. The zero-order valence-electron chi connectivity index (χ0n) is 10.5. The third kappa shape index (κ3) is 3.45. The van der Waals surface area contributed by atoms with E-state index >= 15 is 0 Å². The predicted octanol–water partition coefficient (Wildman–Crippen LogP) is 2.48. The minimum Gasteiger partial charge on any atom is -0.493 e. The number of ether oxygens (including phenoxy) is 2. The first-order valence-corrected chi connectivity index (χ1v) is 5.70. The number of nitrogens with zero attached hydrogens (tertiary/aromatic N) is 2. The molecule has 1 N–H and O–H groups in total. The highest BCUT2D eigenvalue weighted by atomic mass is 16.5. The third-order valence-electron chi connectivity index (χ3n) is 2.51. The van der Waals surface area contributed by atoms with Crippen molar-refractivity contribution < 1.29 is 14.7 Å². The Morgan fingerprint density at radius 2 is 2.21 bits per heavy atom. The Bertz CT molecular complexity index is 556. The van der Waals surface area contributed by atoms with E-state index in [9.17, 15) is 0 Å². The lowest BCUT2D eigenvalue weighted by Crippen LogP contribution is -1.99. The van der Waals surface area contributed by atoms with E-state index in [1.807, 2.05) is 12.1 Å². The number of pyridine rings is 1. The summed E-state index contributed by atoms with van der Waals surface area (Å²) >= 11 is 0. The van der Waals surface area contributed by atoms with Crippen LogP contribution in [0.3, 0.4) is 0 Å². The highest BCUT2D eigenvalue weighted by molar-refractivity contribution is 5.80. The van der Waals surface area contributed by atoms with E-state index in [4.69, 9.17) is 14.7 Å². The van der Waals surface area contributed by atoms with Crippen molar-refractivity contribution in [2.45, 2.75) is 6.61 Å². The quantitative estimate of drug-likeness (QED) is 0.508. The fourth-order valence-corrected chi connectivity index (χ4v) is 1.60. The van der Waals surface area contributed by atoms with E-state index < -0.39 is 0 Å². The van der Waals surface area contributed by atoms with Crippen molar-refractivity contribution in [2.75, 3.05) is 7.11 Å². The topological polar surface area (TPSA) is 63.9 Å². The monoisotopic (exact) mass is 258 g/mol. The van der Waals surface area contributed by atoms with Gasteiger partial charge in [0.05, 0.1) is 13.3 Å². The first-order chi connectivity index (χ1) is 9.33. The van der Waals surface area contributed by atoms with Crippen LogP contribution < -0.4 is 9.47 Å². The molecule has 0 aliphatic carbocycles. The minimum atomic E-state index is 0.393. The Labute approximate surface area is 111 Å². The Balaban J connectivity index is 2.15. The Hall–Kier alpha value is -2.56. The highest BCUT2D eigenvalue weighted by Gasteiger charge is 2.05. The summed E-state index contributed by atoms with van der Waals surface area (Å²) in [6.07, 6.45) is 4.78. The molecule has 5 heteroatoms. The lowest BCUT2D eigenvalue weighted by atomic mass is 10.2. The summed E-state index contributed by atoms with van der Waals surface area (Å²) in [6.45, 7) is 0.393. The van der Waals surface area contributed by atoms with E-state index in [-0.39, 0.29) is 0 Å². The van der Waals surface area contributed by atoms with Crippen LogP contribution in [0.4, 0.5) is 0 Å². The number of benzene rings is 1. The standard InChI is InChI=1S/C14H14N2O3/c1-18-13-5-4-11(9-16-17)7-14(13)19-10-12-3-2-6-15-8-12/h2-9,17H,10H2,1H3/b16-9-. The summed E-state index contributed by atoms with van der Waals surface area (Å²) in [6, 6.07) is 9.06. The second-order valence-corrected chi connectivity index (χ2v) is 3.80. The molecule has 0 saturated heterocycles. The molecule has 0 bridgehead atoms. The van der Waals surface area contributed by atoms with Crippen LogP contribution in [0.1, 0.15) is 11.1 Å². The van der Waals surface area contributed by atoms with Gasteiger partial charge in [-0.3, -0.25) is 4.98 Å². The number of hydrogen-bond acceptors (Lipinski definition) is 5. The van der Waals surface area contributed by atoms with Crippen molar-refractivity contribution in [2.24, 2.45) is 5.16 Å². The lowest BCUT2D eigenvalue weighted by molar-refractivity contribution is 0.284. The smallest absolute Gasteiger partial charge is 0.162 e. The third-order valence-corrected chi connectivity index (χ3v) is 2.51. The molecule has 0 radical (unpaired) electrons. The second kappa shape index (κ2) is 6.39. The van der Waals surface area contributed by atoms with Crippen LogP contribution in [0, 0.1) is 0 Å². The molecular weight excluding hydrogens is 244 g/mol.